The molecule has 2 rings (SSSR count). The van der Waals surface area contributed by atoms with Crippen LogP contribution in [0.1, 0.15) is 27.0 Å². The maximum atomic E-state index is 11.4. The molecule has 0 spiro atoms. The number of rotatable bonds is 2. The molecule has 0 atom stereocenters. The Bertz CT molecular complexity index is 592. The topological polar surface area (TPSA) is 37.3 Å². The van der Waals surface area contributed by atoms with Gasteiger partial charge in [0.1, 0.15) is 0 Å². The molecule has 2 heteroatoms. The second-order valence-corrected chi connectivity index (χ2v) is 4.68. The number of hydrogen-bond acceptors (Lipinski definition) is 1. The molecule has 2 aromatic carbocycles. The highest BCUT2D eigenvalue weighted by atomic mass is 16.4. The first-order valence-corrected chi connectivity index (χ1v) is 5.90. The molecule has 92 valence electrons. The average Bonchev–Trinajstić information content (AvgIpc) is 2.26. The molecule has 0 aliphatic rings. The molecule has 0 amide bonds. The van der Waals surface area contributed by atoms with Crippen molar-refractivity contribution in [2.75, 3.05) is 0 Å². The van der Waals surface area contributed by atoms with Gasteiger partial charge in [-0.05, 0) is 37.5 Å². The van der Waals surface area contributed by atoms with Crippen molar-refractivity contribution in [3.8, 4) is 11.1 Å². The lowest BCUT2D eigenvalue weighted by molar-refractivity contribution is 0.0697. The van der Waals surface area contributed by atoms with E-state index in [1.165, 1.54) is 0 Å². The molecule has 18 heavy (non-hydrogen) atoms. The van der Waals surface area contributed by atoms with E-state index in [0.29, 0.717) is 5.56 Å². The third-order valence-electron chi connectivity index (χ3n) is 3.02. The number of aromatic carboxylic acids is 1. The maximum Gasteiger partial charge on any atom is 0.336 e. The first-order chi connectivity index (χ1) is 8.49. The van der Waals surface area contributed by atoms with Crippen LogP contribution < -0.4 is 0 Å². The Morgan fingerprint density at radius 1 is 1.00 bits per heavy atom. The van der Waals surface area contributed by atoms with Gasteiger partial charge in [-0.3, -0.25) is 0 Å². The molecule has 0 saturated carbocycles. The fourth-order valence-corrected chi connectivity index (χ4v) is 2.32. The molecule has 0 aromatic heterocycles. The number of carbonyl (C=O) groups is 1. The van der Waals surface area contributed by atoms with Crippen LogP contribution >= 0.6 is 0 Å². The van der Waals surface area contributed by atoms with Crippen molar-refractivity contribution in [3.05, 3.63) is 58.7 Å². The minimum Gasteiger partial charge on any atom is -0.478 e. The van der Waals surface area contributed by atoms with Crippen LogP contribution in [0, 0.1) is 20.8 Å². The van der Waals surface area contributed by atoms with Crippen molar-refractivity contribution in [1.82, 2.24) is 0 Å². The van der Waals surface area contributed by atoms with Crippen molar-refractivity contribution in [2.45, 2.75) is 20.8 Å². The van der Waals surface area contributed by atoms with Gasteiger partial charge in [0.2, 0.25) is 0 Å². The predicted molar refractivity (Wildman–Crippen MR) is 73.0 cm³/mol. The molecular formula is C16H16O2. The fraction of sp³-hybridized carbons (Fsp3) is 0.188. The minimum absolute atomic E-state index is 0.391. The Hall–Kier alpha value is -2.09. The van der Waals surface area contributed by atoms with Crippen molar-refractivity contribution in [2.24, 2.45) is 0 Å². The largest absolute Gasteiger partial charge is 0.478 e. The van der Waals surface area contributed by atoms with Gasteiger partial charge < -0.3 is 5.11 Å². The fourth-order valence-electron chi connectivity index (χ4n) is 2.32. The Morgan fingerprint density at radius 3 is 2.17 bits per heavy atom. The molecule has 0 fully saturated rings. The van der Waals surface area contributed by atoms with Crippen LogP contribution in [0.4, 0.5) is 0 Å². The van der Waals surface area contributed by atoms with Gasteiger partial charge >= 0.3 is 5.97 Å². The number of carboxylic acids is 1. The van der Waals surface area contributed by atoms with Gasteiger partial charge in [-0.2, -0.15) is 0 Å². The van der Waals surface area contributed by atoms with Crippen molar-refractivity contribution in [1.29, 1.82) is 0 Å². The third-order valence-corrected chi connectivity index (χ3v) is 3.02. The molecule has 0 saturated heterocycles. The summed E-state index contributed by atoms with van der Waals surface area (Å²) in [5.41, 5.74) is 5.22. The van der Waals surface area contributed by atoms with Crippen LogP contribution in [0.5, 0.6) is 0 Å². The van der Waals surface area contributed by atoms with Gasteiger partial charge in [0, 0.05) is 0 Å². The second kappa shape index (κ2) is 4.65. The molecule has 1 N–H and O–H groups in total. The highest BCUT2D eigenvalue weighted by Gasteiger charge is 2.14. The summed E-state index contributed by atoms with van der Waals surface area (Å²) in [6.45, 7) is 5.87. The summed E-state index contributed by atoms with van der Waals surface area (Å²) in [5.74, 6) is -0.873. The number of carboxylic acid groups (broad SMARTS) is 1. The first kappa shape index (κ1) is 12.4. The van der Waals surface area contributed by atoms with Gasteiger partial charge in [-0.1, -0.05) is 47.5 Å². The normalized spacial score (nSPS) is 10.4. The van der Waals surface area contributed by atoms with Gasteiger partial charge in [0.25, 0.3) is 0 Å². The Balaban J connectivity index is 2.71. The minimum atomic E-state index is -0.873. The van der Waals surface area contributed by atoms with E-state index in [1.54, 1.807) is 0 Å². The zero-order chi connectivity index (χ0) is 13.3. The quantitative estimate of drug-likeness (QED) is 0.862. The van der Waals surface area contributed by atoms with E-state index in [1.807, 2.05) is 51.1 Å². The summed E-state index contributed by atoms with van der Waals surface area (Å²) in [4.78, 5) is 11.4. The first-order valence-electron chi connectivity index (χ1n) is 5.90. The molecular weight excluding hydrogens is 224 g/mol. The summed E-state index contributed by atoms with van der Waals surface area (Å²) in [6.07, 6.45) is 0. The van der Waals surface area contributed by atoms with E-state index in [2.05, 4.69) is 6.07 Å². The lowest BCUT2D eigenvalue weighted by Gasteiger charge is -2.10. The van der Waals surface area contributed by atoms with Gasteiger partial charge in [0.05, 0.1) is 5.56 Å². The average molecular weight is 240 g/mol. The summed E-state index contributed by atoms with van der Waals surface area (Å²) in [5, 5.41) is 9.35. The monoisotopic (exact) mass is 240 g/mol. The highest BCUT2D eigenvalue weighted by molar-refractivity contribution is 5.97. The summed E-state index contributed by atoms with van der Waals surface area (Å²) < 4.78 is 0. The van der Waals surface area contributed by atoms with Crippen molar-refractivity contribution >= 4 is 5.97 Å². The van der Waals surface area contributed by atoms with E-state index in [-0.39, 0.29) is 0 Å². The van der Waals surface area contributed by atoms with E-state index < -0.39 is 5.97 Å². The lowest BCUT2D eigenvalue weighted by atomic mass is 9.94. The zero-order valence-electron chi connectivity index (χ0n) is 10.8. The molecule has 0 unspecified atom stereocenters. The highest BCUT2D eigenvalue weighted by Crippen LogP contribution is 2.27. The van der Waals surface area contributed by atoms with E-state index in [4.69, 9.17) is 0 Å². The van der Waals surface area contributed by atoms with Crippen LogP contribution in [0.15, 0.2) is 36.4 Å². The van der Waals surface area contributed by atoms with Crippen LogP contribution in [-0.2, 0) is 0 Å². The summed E-state index contributed by atoms with van der Waals surface area (Å²) >= 11 is 0. The SMILES string of the molecule is Cc1cc(C)cc(-c2cccc(C)c2C(=O)O)c1. The Labute approximate surface area is 107 Å². The Kier molecular flexibility index (Phi) is 3.19. The van der Waals surface area contributed by atoms with Gasteiger partial charge in [-0.25, -0.2) is 4.79 Å². The summed E-state index contributed by atoms with van der Waals surface area (Å²) in [7, 11) is 0. The second-order valence-electron chi connectivity index (χ2n) is 4.68. The van der Waals surface area contributed by atoms with Crippen LogP contribution in [-0.4, -0.2) is 11.1 Å². The maximum absolute atomic E-state index is 11.4. The smallest absolute Gasteiger partial charge is 0.336 e. The van der Waals surface area contributed by atoms with Gasteiger partial charge in [-0.15, -0.1) is 0 Å². The Morgan fingerprint density at radius 2 is 1.61 bits per heavy atom. The van der Waals surface area contributed by atoms with Crippen LogP contribution in [0.2, 0.25) is 0 Å². The molecule has 2 nitrogen and oxygen atoms in total. The van der Waals surface area contributed by atoms with Crippen molar-refractivity contribution in [3.63, 3.8) is 0 Å². The van der Waals surface area contributed by atoms with E-state index >= 15 is 0 Å². The summed E-state index contributed by atoms with van der Waals surface area (Å²) in [6, 6.07) is 11.7. The van der Waals surface area contributed by atoms with E-state index in [0.717, 1.165) is 27.8 Å². The third kappa shape index (κ3) is 2.28. The number of benzene rings is 2. The molecule has 0 radical (unpaired) electrons. The predicted octanol–water partition coefficient (Wildman–Crippen LogP) is 3.98. The standard InChI is InChI=1S/C16H16O2/c1-10-7-11(2)9-13(8-10)14-6-4-5-12(3)15(14)16(17)18/h4-9H,1-3H3,(H,17,18). The molecule has 0 bridgehead atoms. The molecule has 0 aliphatic heterocycles. The number of aryl methyl sites for hydroxylation is 3. The van der Waals surface area contributed by atoms with E-state index in [9.17, 15) is 9.90 Å². The van der Waals surface area contributed by atoms with Gasteiger partial charge in [0.15, 0.2) is 0 Å². The molecule has 0 heterocycles. The van der Waals surface area contributed by atoms with Crippen LogP contribution in [0.3, 0.4) is 0 Å². The lowest BCUT2D eigenvalue weighted by Crippen LogP contribution is -2.02. The van der Waals surface area contributed by atoms with Crippen LogP contribution in [0.25, 0.3) is 11.1 Å². The molecule has 2 aromatic rings. The number of hydrogen-bond donors (Lipinski definition) is 1. The van der Waals surface area contributed by atoms with Crippen molar-refractivity contribution < 1.29 is 9.90 Å². The zero-order valence-corrected chi connectivity index (χ0v) is 10.8. The molecule has 0 aliphatic carbocycles.